The zero-order chi connectivity index (χ0) is 22.3. The minimum atomic E-state index is -0.0273. The summed E-state index contributed by atoms with van der Waals surface area (Å²) in [6.45, 7) is 0. The number of carbonyl (C=O) groups excluding carboxylic acids is 4. The number of benzene rings is 2. The normalized spacial score (nSPS) is 10.6. The number of Topliss-reactive ketones (excluding diaryl/α,β-unsaturated/α-hetero) is 4. The molecule has 0 radical (unpaired) electrons. The summed E-state index contributed by atoms with van der Waals surface area (Å²) in [6, 6.07) is 19.6. The molecule has 164 valence electrons. The smallest absolute Gasteiger partial charge is 0.140 e. The molecule has 0 aliphatic carbocycles. The molecule has 2 rings (SSSR count). The second kappa shape index (κ2) is 14.2. The number of hydrogen-bond acceptors (Lipinski definition) is 4. The average Bonchev–Trinajstić information content (AvgIpc) is 2.77. The van der Waals surface area contributed by atoms with Crippen LogP contribution >= 0.6 is 0 Å². The van der Waals surface area contributed by atoms with Crippen LogP contribution in [0.1, 0.15) is 68.9 Å². The number of unbranched alkanes of at least 4 members (excludes halogenated alkanes) is 2. The maximum Gasteiger partial charge on any atom is 0.140 e. The van der Waals surface area contributed by atoms with Crippen LogP contribution in [0.5, 0.6) is 0 Å². The van der Waals surface area contributed by atoms with E-state index in [0.29, 0.717) is 51.4 Å². The average molecular weight is 421 g/mol. The SMILES string of the molecule is O=C(CCCCCC(=O)CC(=O)CCc1ccccc1)CC(=O)CCc1ccccc1. The highest BCUT2D eigenvalue weighted by Gasteiger charge is 2.11. The van der Waals surface area contributed by atoms with Gasteiger partial charge in [0.2, 0.25) is 0 Å². The van der Waals surface area contributed by atoms with Crippen LogP contribution in [-0.4, -0.2) is 23.1 Å². The van der Waals surface area contributed by atoms with E-state index in [1.165, 1.54) is 0 Å². The van der Waals surface area contributed by atoms with Gasteiger partial charge in [0.05, 0.1) is 12.8 Å². The van der Waals surface area contributed by atoms with Crippen molar-refractivity contribution in [3.63, 3.8) is 0 Å². The highest BCUT2D eigenvalue weighted by molar-refractivity contribution is 5.99. The minimum Gasteiger partial charge on any atom is -0.299 e. The van der Waals surface area contributed by atoms with Crippen molar-refractivity contribution < 1.29 is 19.2 Å². The molecule has 0 amide bonds. The molecule has 0 unspecified atom stereocenters. The molecule has 2 aromatic carbocycles. The van der Waals surface area contributed by atoms with Gasteiger partial charge in [-0.3, -0.25) is 19.2 Å². The van der Waals surface area contributed by atoms with E-state index in [0.717, 1.165) is 17.5 Å². The Morgan fingerprint density at radius 2 is 0.806 bits per heavy atom. The summed E-state index contributed by atoms with van der Waals surface area (Å²) in [5.74, 6) is -0.0861. The molecule has 0 aliphatic heterocycles. The molecule has 0 aliphatic rings. The van der Waals surface area contributed by atoms with Crippen molar-refractivity contribution in [3.8, 4) is 0 Å². The van der Waals surface area contributed by atoms with E-state index in [2.05, 4.69) is 0 Å². The molecule has 31 heavy (non-hydrogen) atoms. The van der Waals surface area contributed by atoms with Gasteiger partial charge in [-0.15, -0.1) is 0 Å². The van der Waals surface area contributed by atoms with Gasteiger partial charge in [0.25, 0.3) is 0 Å². The molecule has 0 bridgehead atoms. The number of hydrogen-bond donors (Lipinski definition) is 0. The highest BCUT2D eigenvalue weighted by Crippen LogP contribution is 2.10. The molecular formula is C27H32O4. The van der Waals surface area contributed by atoms with E-state index < -0.39 is 0 Å². The van der Waals surface area contributed by atoms with E-state index in [1.54, 1.807) is 0 Å². The zero-order valence-corrected chi connectivity index (χ0v) is 18.2. The number of rotatable bonds is 16. The van der Waals surface area contributed by atoms with Crippen LogP contribution in [0.3, 0.4) is 0 Å². The fourth-order valence-corrected chi connectivity index (χ4v) is 3.47. The Bertz CT molecular complexity index is 769. The second-order valence-electron chi connectivity index (χ2n) is 8.04. The van der Waals surface area contributed by atoms with Crippen LogP contribution < -0.4 is 0 Å². The maximum absolute atomic E-state index is 12.0. The van der Waals surface area contributed by atoms with Gasteiger partial charge >= 0.3 is 0 Å². The summed E-state index contributed by atoms with van der Waals surface area (Å²) < 4.78 is 0. The Hall–Kier alpha value is -2.88. The molecule has 0 N–H and O–H groups in total. The lowest BCUT2D eigenvalue weighted by Gasteiger charge is -2.03. The Labute approximate surface area is 185 Å². The van der Waals surface area contributed by atoms with Gasteiger partial charge in [0, 0.05) is 25.7 Å². The Balaban J connectivity index is 1.48. The third-order valence-corrected chi connectivity index (χ3v) is 5.27. The zero-order valence-electron chi connectivity index (χ0n) is 18.2. The van der Waals surface area contributed by atoms with E-state index in [-0.39, 0.29) is 36.0 Å². The summed E-state index contributed by atoms with van der Waals surface area (Å²) in [5.41, 5.74) is 2.21. The number of aryl methyl sites for hydroxylation is 2. The van der Waals surface area contributed by atoms with Gasteiger partial charge in [-0.1, -0.05) is 67.1 Å². The summed E-state index contributed by atoms with van der Waals surface area (Å²) in [7, 11) is 0. The Morgan fingerprint density at radius 3 is 1.19 bits per heavy atom. The van der Waals surface area contributed by atoms with Crippen LogP contribution in [0.4, 0.5) is 0 Å². The molecule has 0 saturated heterocycles. The first-order valence-corrected chi connectivity index (χ1v) is 11.2. The topological polar surface area (TPSA) is 68.3 Å². The second-order valence-corrected chi connectivity index (χ2v) is 8.04. The number of ketones is 4. The quantitative estimate of drug-likeness (QED) is 0.274. The maximum atomic E-state index is 12.0. The van der Waals surface area contributed by atoms with Crippen molar-refractivity contribution >= 4 is 23.1 Å². The fourth-order valence-electron chi connectivity index (χ4n) is 3.47. The van der Waals surface area contributed by atoms with Crippen LogP contribution in [-0.2, 0) is 32.0 Å². The molecular weight excluding hydrogens is 388 g/mol. The van der Waals surface area contributed by atoms with Gasteiger partial charge in [-0.05, 0) is 36.8 Å². The standard InChI is InChI=1S/C27H32O4/c28-24(20-26(30)18-16-22-10-4-1-5-11-22)14-8-3-9-15-25(29)21-27(31)19-17-23-12-6-2-7-13-23/h1-2,4-7,10-13H,3,8-9,14-21H2. The first-order valence-electron chi connectivity index (χ1n) is 11.2. The summed E-state index contributed by atoms with van der Waals surface area (Å²) in [5, 5.41) is 0. The molecule has 0 heterocycles. The van der Waals surface area contributed by atoms with E-state index in [4.69, 9.17) is 0 Å². The predicted molar refractivity (Wildman–Crippen MR) is 122 cm³/mol. The van der Waals surface area contributed by atoms with Crippen molar-refractivity contribution in [1.29, 1.82) is 0 Å². The first kappa shape index (κ1) is 24.4. The number of carbonyl (C=O) groups is 4. The minimum absolute atomic E-state index is 0.00167. The van der Waals surface area contributed by atoms with Crippen LogP contribution in [0, 0.1) is 0 Å². The third-order valence-electron chi connectivity index (χ3n) is 5.27. The van der Waals surface area contributed by atoms with Crippen molar-refractivity contribution in [3.05, 3.63) is 71.8 Å². The van der Waals surface area contributed by atoms with Crippen LogP contribution in [0.15, 0.2) is 60.7 Å². The molecule has 2 aromatic rings. The van der Waals surface area contributed by atoms with Crippen LogP contribution in [0.2, 0.25) is 0 Å². The lowest BCUT2D eigenvalue weighted by Crippen LogP contribution is -2.09. The van der Waals surface area contributed by atoms with E-state index in [9.17, 15) is 19.2 Å². The molecule has 0 spiro atoms. The fraction of sp³-hybridized carbons (Fsp3) is 0.407. The van der Waals surface area contributed by atoms with E-state index >= 15 is 0 Å². The lowest BCUT2D eigenvalue weighted by molar-refractivity contribution is -0.128. The van der Waals surface area contributed by atoms with E-state index in [1.807, 2.05) is 60.7 Å². The van der Waals surface area contributed by atoms with Crippen LogP contribution in [0.25, 0.3) is 0 Å². The molecule has 0 atom stereocenters. The van der Waals surface area contributed by atoms with Crippen molar-refractivity contribution in [2.75, 3.05) is 0 Å². The van der Waals surface area contributed by atoms with Crippen molar-refractivity contribution in [2.24, 2.45) is 0 Å². The summed E-state index contributed by atoms with van der Waals surface area (Å²) >= 11 is 0. The monoisotopic (exact) mass is 420 g/mol. The Kier molecular flexibility index (Phi) is 11.2. The molecule has 4 nitrogen and oxygen atoms in total. The first-order chi connectivity index (χ1) is 15.0. The van der Waals surface area contributed by atoms with Gasteiger partial charge in [-0.25, -0.2) is 0 Å². The summed E-state index contributed by atoms with van der Waals surface area (Å²) in [4.78, 5) is 47.8. The molecule has 4 heteroatoms. The molecule has 0 aromatic heterocycles. The van der Waals surface area contributed by atoms with Crippen molar-refractivity contribution in [2.45, 2.75) is 70.6 Å². The highest BCUT2D eigenvalue weighted by atomic mass is 16.2. The summed E-state index contributed by atoms with van der Waals surface area (Å²) in [6.07, 6.45) is 4.99. The van der Waals surface area contributed by atoms with Gasteiger partial charge in [0.15, 0.2) is 0 Å². The Morgan fingerprint density at radius 1 is 0.452 bits per heavy atom. The molecule has 0 fully saturated rings. The van der Waals surface area contributed by atoms with Gasteiger partial charge in [0.1, 0.15) is 23.1 Å². The van der Waals surface area contributed by atoms with Gasteiger partial charge < -0.3 is 0 Å². The lowest BCUT2D eigenvalue weighted by atomic mass is 10.0. The molecule has 0 saturated carbocycles. The van der Waals surface area contributed by atoms with Crippen molar-refractivity contribution in [1.82, 2.24) is 0 Å². The predicted octanol–water partition coefficient (Wildman–Crippen LogP) is 5.26. The third kappa shape index (κ3) is 11.2. The largest absolute Gasteiger partial charge is 0.299 e. The van der Waals surface area contributed by atoms with Gasteiger partial charge in [-0.2, -0.15) is 0 Å².